The number of carbonyl (C=O) groups is 1. The summed E-state index contributed by atoms with van der Waals surface area (Å²) in [6.45, 7) is 3.72. The Balaban J connectivity index is 1.49. The Kier molecular flexibility index (Phi) is 7.61. The van der Waals surface area contributed by atoms with E-state index in [2.05, 4.69) is 4.90 Å². The highest BCUT2D eigenvalue weighted by Crippen LogP contribution is 2.36. The van der Waals surface area contributed by atoms with Crippen LogP contribution in [0.1, 0.15) is 37.2 Å². The zero-order chi connectivity index (χ0) is 22.5. The molecular formula is C25H28Cl2N2O3. The summed E-state index contributed by atoms with van der Waals surface area (Å²) >= 11 is 12.2. The van der Waals surface area contributed by atoms with Crippen molar-refractivity contribution in [3.63, 3.8) is 0 Å². The Morgan fingerprint density at radius 2 is 1.81 bits per heavy atom. The van der Waals surface area contributed by atoms with E-state index in [4.69, 9.17) is 32.7 Å². The second kappa shape index (κ2) is 10.6. The molecule has 0 saturated carbocycles. The van der Waals surface area contributed by atoms with Crippen LogP contribution in [0.15, 0.2) is 48.7 Å². The molecule has 0 aromatic heterocycles. The average Bonchev–Trinajstić information content (AvgIpc) is 2.82. The number of methoxy groups -OCH3 is 1. The molecule has 5 nitrogen and oxygen atoms in total. The lowest BCUT2D eigenvalue weighted by Gasteiger charge is -2.29. The number of halogens is 2. The van der Waals surface area contributed by atoms with Gasteiger partial charge in [-0.25, -0.2) is 0 Å². The predicted octanol–water partition coefficient (Wildman–Crippen LogP) is 5.90. The number of rotatable bonds is 7. The van der Waals surface area contributed by atoms with E-state index in [1.165, 1.54) is 19.3 Å². The van der Waals surface area contributed by atoms with E-state index in [0.717, 1.165) is 30.9 Å². The summed E-state index contributed by atoms with van der Waals surface area (Å²) < 4.78 is 11.6. The molecule has 2 aromatic carbocycles. The Morgan fingerprint density at radius 3 is 2.56 bits per heavy atom. The lowest BCUT2D eigenvalue weighted by Crippen LogP contribution is -2.34. The van der Waals surface area contributed by atoms with Crippen LogP contribution in [0.2, 0.25) is 10.0 Å². The number of likely N-dealkylation sites (tertiary alicyclic amines) is 1. The van der Waals surface area contributed by atoms with Gasteiger partial charge in [0.15, 0.2) is 11.5 Å². The second-order valence-corrected chi connectivity index (χ2v) is 8.96. The fourth-order valence-electron chi connectivity index (χ4n) is 4.26. The summed E-state index contributed by atoms with van der Waals surface area (Å²) in [5.74, 6) is 0.956. The minimum absolute atomic E-state index is 0.0182. The smallest absolute Gasteiger partial charge is 0.238 e. The van der Waals surface area contributed by atoms with E-state index in [1.54, 1.807) is 24.1 Å². The molecule has 0 N–H and O–H groups in total. The molecule has 4 rings (SSSR count). The minimum atomic E-state index is -0.319. The van der Waals surface area contributed by atoms with Gasteiger partial charge in [0.1, 0.15) is 6.61 Å². The van der Waals surface area contributed by atoms with Crippen LogP contribution in [-0.2, 0) is 4.79 Å². The normalized spacial score (nSPS) is 19.3. The molecule has 1 unspecified atom stereocenters. The molecule has 170 valence electrons. The molecule has 1 fully saturated rings. The van der Waals surface area contributed by atoms with Gasteiger partial charge in [0, 0.05) is 18.8 Å². The van der Waals surface area contributed by atoms with Crippen LogP contribution in [-0.4, -0.2) is 44.2 Å². The number of piperidine rings is 1. The van der Waals surface area contributed by atoms with Crippen LogP contribution in [0.25, 0.3) is 0 Å². The summed E-state index contributed by atoms with van der Waals surface area (Å²) in [4.78, 5) is 17.4. The first-order chi connectivity index (χ1) is 15.6. The number of amides is 1. The number of anilines is 1. The zero-order valence-electron chi connectivity index (χ0n) is 18.2. The van der Waals surface area contributed by atoms with Crippen LogP contribution in [0.3, 0.4) is 0 Å². The quantitative estimate of drug-likeness (QED) is 0.500. The summed E-state index contributed by atoms with van der Waals surface area (Å²) in [7, 11) is 1.62. The largest absolute Gasteiger partial charge is 0.493 e. The van der Waals surface area contributed by atoms with E-state index in [9.17, 15) is 4.79 Å². The summed E-state index contributed by atoms with van der Waals surface area (Å²) in [5.41, 5.74) is 1.59. The van der Waals surface area contributed by atoms with Gasteiger partial charge >= 0.3 is 0 Å². The number of allylic oxidation sites excluding steroid dienone is 1. The van der Waals surface area contributed by atoms with E-state index < -0.39 is 0 Å². The first-order valence-electron chi connectivity index (χ1n) is 11.0. The fraction of sp³-hybridized carbons (Fsp3) is 0.400. The Labute approximate surface area is 199 Å². The molecule has 1 atom stereocenters. The van der Waals surface area contributed by atoms with Gasteiger partial charge in [-0.05, 0) is 62.2 Å². The summed E-state index contributed by atoms with van der Waals surface area (Å²) in [5, 5.41) is 0.930. The lowest BCUT2D eigenvalue weighted by atomic mass is 9.92. The fourth-order valence-corrected chi connectivity index (χ4v) is 4.57. The van der Waals surface area contributed by atoms with Crippen molar-refractivity contribution in [2.75, 3.05) is 38.3 Å². The van der Waals surface area contributed by atoms with Gasteiger partial charge in [-0.3, -0.25) is 14.6 Å². The van der Waals surface area contributed by atoms with E-state index >= 15 is 0 Å². The highest BCUT2D eigenvalue weighted by Gasteiger charge is 2.29. The maximum Gasteiger partial charge on any atom is 0.238 e. The van der Waals surface area contributed by atoms with Crippen molar-refractivity contribution in [3.8, 4) is 11.5 Å². The molecule has 1 amide bonds. The van der Waals surface area contributed by atoms with Crippen molar-refractivity contribution in [2.45, 2.75) is 31.6 Å². The van der Waals surface area contributed by atoms with Crippen LogP contribution in [0.4, 0.5) is 5.69 Å². The SMILES string of the molecule is COc1ccc(N2C=CCC(c3ccc(Cl)c(Cl)c3)C2=O)cc1OCCN1CCCCC1. The molecule has 0 aliphatic carbocycles. The molecule has 2 aromatic rings. The van der Waals surface area contributed by atoms with Gasteiger partial charge in [-0.1, -0.05) is 41.8 Å². The molecule has 1 saturated heterocycles. The first kappa shape index (κ1) is 23.0. The van der Waals surface area contributed by atoms with Crippen molar-refractivity contribution >= 4 is 34.8 Å². The number of carbonyl (C=O) groups excluding carboxylic acids is 1. The number of ether oxygens (including phenoxy) is 2. The van der Waals surface area contributed by atoms with Crippen LogP contribution in [0.5, 0.6) is 11.5 Å². The maximum atomic E-state index is 13.3. The third-order valence-electron chi connectivity index (χ3n) is 6.05. The maximum absolute atomic E-state index is 13.3. The Bertz CT molecular complexity index is 989. The average molecular weight is 475 g/mol. The highest BCUT2D eigenvalue weighted by atomic mass is 35.5. The van der Waals surface area contributed by atoms with Crippen molar-refractivity contribution in [2.24, 2.45) is 0 Å². The second-order valence-electron chi connectivity index (χ2n) is 8.14. The molecule has 7 heteroatoms. The van der Waals surface area contributed by atoms with Crippen LogP contribution < -0.4 is 14.4 Å². The third-order valence-corrected chi connectivity index (χ3v) is 6.79. The third kappa shape index (κ3) is 5.22. The minimum Gasteiger partial charge on any atom is -0.493 e. The first-order valence-corrected chi connectivity index (χ1v) is 11.8. The Morgan fingerprint density at radius 1 is 1.00 bits per heavy atom. The molecule has 2 heterocycles. The van der Waals surface area contributed by atoms with Crippen molar-refractivity contribution in [1.82, 2.24) is 4.90 Å². The number of nitrogens with zero attached hydrogens (tertiary/aromatic N) is 2. The van der Waals surface area contributed by atoms with Gasteiger partial charge in [-0.2, -0.15) is 0 Å². The van der Waals surface area contributed by atoms with Crippen LogP contribution in [0, 0.1) is 0 Å². The Hall–Kier alpha value is -2.21. The number of benzene rings is 2. The van der Waals surface area contributed by atoms with Crippen molar-refractivity contribution < 1.29 is 14.3 Å². The monoisotopic (exact) mass is 474 g/mol. The molecular weight excluding hydrogens is 447 g/mol. The summed E-state index contributed by atoms with van der Waals surface area (Å²) in [6, 6.07) is 10.9. The van der Waals surface area contributed by atoms with E-state index in [-0.39, 0.29) is 11.8 Å². The molecule has 2 aliphatic rings. The zero-order valence-corrected chi connectivity index (χ0v) is 19.7. The lowest BCUT2D eigenvalue weighted by molar-refractivity contribution is -0.119. The molecule has 32 heavy (non-hydrogen) atoms. The molecule has 0 spiro atoms. The van der Waals surface area contributed by atoms with Crippen molar-refractivity contribution in [3.05, 3.63) is 64.3 Å². The topological polar surface area (TPSA) is 42.0 Å². The molecule has 2 aliphatic heterocycles. The molecule has 0 radical (unpaired) electrons. The standard InChI is InChI=1S/C25H28Cl2N2O3/c1-31-23-10-8-19(17-24(23)32-15-14-28-11-3-2-4-12-28)29-13-5-6-20(25(29)30)18-7-9-21(26)22(27)16-18/h5,7-10,13,16-17,20H,2-4,6,11-12,14-15H2,1H3. The van der Waals surface area contributed by atoms with Gasteiger partial charge < -0.3 is 9.47 Å². The highest BCUT2D eigenvalue weighted by molar-refractivity contribution is 6.42. The van der Waals surface area contributed by atoms with Gasteiger partial charge in [0.2, 0.25) is 5.91 Å². The van der Waals surface area contributed by atoms with E-state index in [0.29, 0.717) is 34.6 Å². The van der Waals surface area contributed by atoms with Crippen molar-refractivity contribution in [1.29, 1.82) is 0 Å². The predicted molar refractivity (Wildman–Crippen MR) is 129 cm³/mol. The van der Waals surface area contributed by atoms with Gasteiger partial charge in [0.05, 0.1) is 28.8 Å². The van der Waals surface area contributed by atoms with Gasteiger partial charge in [0.25, 0.3) is 0 Å². The summed E-state index contributed by atoms with van der Waals surface area (Å²) in [6.07, 6.45) is 8.24. The van der Waals surface area contributed by atoms with E-state index in [1.807, 2.05) is 36.5 Å². The number of hydrogen-bond donors (Lipinski definition) is 0. The van der Waals surface area contributed by atoms with Gasteiger partial charge in [-0.15, -0.1) is 0 Å². The number of hydrogen-bond acceptors (Lipinski definition) is 4. The molecule has 0 bridgehead atoms. The van der Waals surface area contributed by atoms with Crippen LogP contribution >= 0.6 is 23.2 Å².